The van der Waals surface area contributed by atoms with Crippen molar-refractivity contribution in [2.45, 2.75) is 42.7 Å². The van der Waals surface area contributed by atoms with E-state index in [0.29, 0.717) is 0 Å². The van der Waals surface area contributed by atoms with E-state index >= 15 is 0 Å². The summed E-state index contributed by atoms with van der Waals surface area (Å²) in [5.41, 5.74) is -0.0552. The third kappa shape index (κ3) is 3.46. The lowest BCUT2D eigenvalue weighted by Gasteiger charge is -2.21. The molecule has 0 aliphatic heterocycles. The zero-order chi connectivity index (χ0) is 13.0. The highest BCUT2D eigenvalue weighted by Gasteiger charge is 2.33. The van der Waals surface area contributed by atoms with E-state index in [2.05, 4.69) is 10.3 Å². The number of rotatable bonds is 4. The lowest BCUT2D eigenvalue weighted by atomic mass is 9.98. The minimum absolute atomic E-state index is 0.127. The van der Waals surface area contributed by atoms with E-state index in [4.69, 9.17) is 0 Å². The lowest BCUT2D eigenvalue weighted by molar-refractivity contribution is -0.120. The van der Waals surface area contributed by atoms with Crippen molar-refractivity contribution < 1.29 is 9.90 Å². The quantitative estimate of drug-likeness (QED) is 0.822. The number of nitrogens with one attached hydrogen (secondary N) is 1. The standard InChI is InChI=1S/C13H18N2O2S/c1-18-12-8-10(4-7-14-12)15-11(16)9-13(17)5-2-3-6-13/h4,7-8,17H,2-3,5-6,9H2,1H3,(H,14,15,16). The van der Waals surface area contributed by atoms with Crippen molar-refractivity contribution in [2.75, 3.05) is 11.6 Å². The molecule has 1 amide bonds. The molecule has 4 nitrogen and oxygen atoms in total. The number of aromatic nitrogens is 1. The Kier molecular flexibility index (Phi) is 4.24. The first-order valence-corrected chi connectivity index (χ1v) is 7.36. The lowest BCUT2D eigenvalue weighted by Crippen LogP contribution is -2.30. The van der Waals surface area contributed by atoms with Gasteiger partial charge in [0.2, 0.25) is 5.91 Å². The van der Waals surface area contributed by atoms with Crippen LogP contribution in [0.4, 0.5) is 5.69 Å². The zero-order valence-electron chi connectivity index (χ0n) is 10.5. The van der Waals surface area contributed by atoms with Crippen LogP contribution in [0.3, 0.4) is 0 Å². The number of pyridine rings is 1. The van der Waals surface area contributed by atoms with E-state index in [0.717, 1.165) is 36.4 Å². The molecule has 1 aliphatic rings. The fourth-order valence-electron chi connectivity index (χ4n) is 2.31. The van der Waals surface area contributed by atoms with Crippen LogP contribution in [0.25, 0.3) is 0 Å². The Bertz CT molecular complexity index is 431. The second-order valence-electron chi connectivity index (χ2n) is 4.74. The zero-order valence-corrected chi connectivity index (χ0v) is 11.3. The molecule has 5 heteroatoms. The number of nitrogens with zero attached hydrogens (tertiary/aromatic N) is 1. The number of amides is 1. The molecule has 0 atom stereocenters. The largest absolute Gasteiger partial charge is 0.389 e. The van der Waals surface area contributed by atoms with E-state index in [9.17, 15) is 9.90 Å². The monoisotopic (exact) mass is 266 g/mol. The molecule has 1 aromatic heterocycles. The van der Waals surface area contributed by atoms with Crippen molar-refractivity contribution in [2.24, 2.45) is 0 Å². The summed E-state index contributed by atoms with van der Waals surface area (Å²) >= 11 is 1.53. The van der Waals surface area contributed by atoms with E-state index in [1.807, 2.05) is 12.3 Å². The van der Waals surface area contributed by atoms with Gasteiger partial charge in [-0.05, 0) is 31.2 Å². The summed E-state index contributed by atoms with van der Waals surface area (Å²) in [6, 6.07) is 3.59. The SMILES string of the molecule is CSc1cc(NC(=O)CC2(O)CCCC2)ccn1. The minimum Gasteiger partial charge on any atom is -0.389 e. The van der Waals surface area contributed by atoms with Crippen LogP contribution in [-0.2, 0) is 4.79 Å². The van der Waals surface area contributed by atoms with Gasteiger partial charge in [0, 0.05) is 11.9 Å². The Morgan fingerprint density at radius 3 is 2.94 bits per heavy atom. The average Bonchev–Trinajstić information content (AvgIpc) is 2.75. The van der Waals surface area contributed by atoms with E-state index in [1.165, 1.54) is 11.8 Å². The second-order valence-corrected chi connectivity index (χ2v) is 5.57. The number of carbonyl (C=O) groups excluding carboxylic acids is 1. The number of hydrogen-bond acceptors (Lipinski definition) is 4. The first-order valence-electron chi connectivity index (χ1n) is 6.14. The molecule has 1 aromatic rings. The van der Waals surface area contributed by atoms with E-state index in [1.54, 1.807) is 12.3 Å². The fraction of sp³-hybridized carbons (Fsp3) is 0.538. The van der Waals surface area contributed by atoms with Crippen LogP contribution in [-0.4, -0.2) is 27.9 Å². The van der Waals surface area contributed by atoms with Gasteiger partial charge >= 0.3 is 0 Å². The first kappa shape index (κ1) is 13.4. The van der Waals surface area contributed by atoms with Crippen LogP contribution in [0, 0.1) is 0 Å². The van der Waals surface area contributed by atoms with Gasteiger partial charge in [-0.2, -0.15) is 0 Å². The molecule has 0 radical (unpaired) electrons. The van der Waals surface area contributed by atoms with Crippen molar-refractivity contribution in [1.29, 1.82) is 0 Å². The second kappa shape index (κ2) is 5.71. The van der Waals surface area contributed by atoms with Gasteiger partial charge in [0.1, 0.15) is 0 Å². The predicted molar refractivity (Wildman–Crippen MR) is 72.7 cm³/mol. The number of carbonyl (C=O) groups is 1. The van der Waals surface area contributed by atoms with Crippen LogP contribution in [0.1, 0.15) is 32.1 Å². The molecule has 2 N–H and O–H groups in total. The molecule has 0 aromatic carbocycles. The molecule has 1 heterocycles. The molecule has 0 saturated heterocycles. The summed E-state index contributed by atoms with van der Waals surface area (Å²) in [5.74, 6) is -0.127. The Labute approximate surface area is 111 Å². The van der Waals surface area contributed by atoms with E-state index < -0.39 is 5.60 Å². The Balaban J connectivity index is 1.94. The number of anilines is 1. The van der Waals surface area contributed by atoms with Gasteiger partial charge in [-0.1, -0.05) is 12.8 Å². The maximum atomic E-state index is 11.9. The molecule has 2 rings (SSSR count). The number of hydrogen-bond donors (Lipinski definition) is 2. The van der Waals surface area contributed by atoms with Crippen LogP contribution in [0.15, 0.2) is 23.4 Å². The Morgan fingerprint density at radius 2 is 2.28 bits per heavy atom. The molecule has 0 spiro atoms. The first-order chi connectivity index (χ1) is 8.61. The van der Waals surface area contributed by atoms with Gasteiger partial charge in [0.25, 0.3) is 0 Å². The topological polar surface area (TPSA) is 62.2 Å². The maximum Gasteiger partial charge on any atom is 0.227 e. The van der Waals surface area contributed by atoms with Crippen molar-refractivity contribution in [3.8, 4) is 0 Å². The summed E-state index contributed by atoms with van der Waals surface area (Å²) in [6.45, 7) is 0. The molecule has 1 aliphatic carbocycles. The van der Waals surface area contributed by atoms with Crippen LogP contribution >= 0.6 is 11.8 Å². The van der Waals surface area contributed by atoms with Crippen molar-refractivity contribution in [1.82, 2.24) is 4.98 Å². The number of thioether (sulfide) groups is 1. The summed E-state index contributed by atoms with van der Waals surface area (Å²) in [6.07, 6.45) is 7.27. The smallest absolute Gasteiger partial charge is 0.227 e. The van der Waals surface area contributed by atoms with Crippen molar-refractivity contribution >= 4 is 23.4 Å². The summed E-state index contributed by atoms with van der Waals surface area (Å²) in [7, 11) is 0. The normalized spacial score (nSPS) is 17.7. The molecular formula is C13H18N2O2S. The van der Waals surface area contributed by atoms with Gasteiger partial charge in [-0.25, -0.2) is 4.98 Å². The molecule has 0 bridgehead atoms. The predicted octanol–water partition coefficient (Wildman–Crippen LogP) is 2.44. The maximum absolute atomic E-state index is 11.9. The van der Waals surface area contributed by atoms with Gasteiger partial charge < -0.3 is 10.4 Å². The molecule has 98 valence electrons. The van der Waals surface area contributed by atoms with Crippen molar-refractivity contribution in [3.63, 3.8) is 0 Å². The highest BCUT2D eigenvalue weighted by atomic mass is 32.2. The third-order valence-electron chi connectivity index (χ3n) is 3.25. The molecule has 0 unspecified atom stereocenters. The van der Waals surface area contributed by atoms with Gasteiger partial charge in [-0.15, -0.1) is 11.8 Å². The molecular weight excluding hydrogens is 248 g/mol. The molecule has 1 saturated carbocycles. The summed E-state index contributed by atoms with van der Waals surface area (Å²) < 4.78 is 0. The van der Waals surface area contributed by atoms with Crippen LogP contribution in [0.5, 0.6) is 0 Å². The van der Waals surface area contributed by atoms with Crippen LogP contribution < -0.4 is 5.32 Å². The Morgan fingerprint density at radius 1 is 1.56 bits per heavy atom. The Hall–Kier alpha value is -1.07. The average molecular weight is 266 g/mol. The highest BCUT2D eigenvalue weighted by molar-refractivity contribution is 7.98. The number of aliphatic hydroxyl groups is 1. The summed E-state index contributed by atoms with van der Waals surface area (Å²) in [4.78, 5) is 16.0. The van der Waals surface area contributed by atoms with Gasteiger partial charge in [0.05, 0.1) is 17.0 Å². The summed E-state index contributed by atoms with van der Waals surface area (Å²) in [5, 5.41) is 13.8. The molecule has 1 fully saturated rings. The van der Waals surface area contributed by atoms with Crippen LogP contribution in [0.2, 0.25) is 0 Å². The van der Waals surface area contributed by atoms with Crippen molar-refractivity contribution in [3.05, 3.63) is 18.3 Å². The van der Waals surface area contributed by atoms with Gasteiger partial charge in [-0.3, -0.25) is 4.79 Å². The third-order valence-corrected chi connectivity index (χ3v) is 3.89. The highest BCUT2D eigenvalue weighted by Crippen LogP contribution is 2.32. The molecule has 18 heavy (non-hydrogen) atoms. The van der Waals surface area contributed by atoms with Gasteiger partial charge in [0.15, 0.2) is 0 Å². The minimum atomic E-state index is -0.792. The fourth-order valence-corrected chi connectivity index (χ4v) is 2.72. The van der Waals surface area contributed by atoms with E-state index in [-0.39, 0.29) is 12.3 Å².